The van der Waals surface area contributed by atoms with Gasteiger partial charge >= 0.3 is 5.97 Å². The van der Waals surface area contributed by atoms with Gasteiger partial charge < -0.3 is 4.74 Å². The van der Waals surface area contributed by atoms with Crippen LogP contribution < -0.4 is 0 Å². The van der Waals surface area contributed by atoms with E-state index in [1.54, 1.807) is 0 Å². The van der Waals surface area contributed by atoms with E-state index in [1.165, 1.54) is 19.3 Å². The van der Waals surface area contributed by atoms with E-state index in [9.17, 15) is 4.79 Å². The first-order valence-electron chi connectivity index (χ1n) is 5.90. The highest BCUT2D eigenvalue weighted by molar-refractivity contribution is 5.72. The van der Waals surface area contributed by atoms with Gasteiger partial charge in [0.1, 0.15) is 0 Å². The van der Waals surface area contributed by atoms with Crippen LogP contribution in [-0.2, 0) is 9.53 Å². The van der Waals surface area contributed by atoms with Crippen molar-refractivity contribution < 1.29 is 9.53 Å². The molecule has 0 saturated heterocycles. The molecule has 0 aromatic carbocycles. The van der Waals surface area contributed by atoms with E-state index < -0.39 is 0 Å². The summed E-state index contributed by atoms with van der Waals surface area (Å²) in [6.45, 7) is 4.85. The van der Waals surface area contributed by atoms with Crippen LogP contribution in [0.15, 0.2) is 0 Å². The molecule has 1 saturated carbocycles. The molecule has 0 aliphatic heterocycles. The molecule has 2 nitrogen and oxygen atoms in total. The molecule has 1 fully saturated rings. The Bertz CT molecular complexity index is 171. The summed E-state index contributed by atoms with van der Waals surface area (Å²) in [5.41, 5.74) is 0. The number of rotatable bonds is 4. The molecule has 82 valence electrons. The first-order valence-corrected chi connectivity index (χ1v) is 5.90. The minimum absolute atomic E-state index is 0.0463. The molecule has 0 amide bonds. The summed E-state index contributed by atoms with van der Waals surface area (Å²) in [5, 5.41) is 0. The first-order chi connectivity index (χ1) is 6.74. The SMILES string of the molecule is CCC(C)COC(=O)C1CCCCC1. The number of esters is 1. The Labute approximate surface area is 87.0 Å². The van der Waals surface area contributed by atoms with Crippen LogP contribution in [0.25, 0.3) is 0 Å². The number of hydrogen-bond donors (Lipinski definition) is 0. The maximum atomic E-state index is 11.6. The molecular weight excluding hydrogens is 176 g/mol. The van der Waals surface area contributed by atoms with Crippen molar-refractivity contribution in [1.29, 1.82) is 0 Å². The van der Waals surface area contributed by atoms with Gasteiger partial charge in [0.05, 0.1) is 12.5 Å². The van der Waals surface area contributed by atoms with Crippen LogP contribution in [0.1, 0.15) is 52.4 Å². The van der Waals surface area contributed by atoms with Crippen molar-refractivity contribution in [2.24, 2.45) is 11.8 Å². The van der Waals surface area contributed by atoms with Gasteiger partial charge in [-0.1, -0.05) is 39.5 Å². The monoisotopic (exact) mass is 198 g/mol. The van der Waals surface area contributed by atoms with Crippen LogP contribution in [0.5, 0.6) is 0 Å². The molecule has 0 bridgehead atoms. The summed E-state index contributed by atoms with van der Waals surface area (Å²) in [5.74, 6) is 0.750. The van der Waals surface area contributed by atoms with Crippen LogP contribution >= 0.6 is 0 Å². The van der Waals surface area contributed by atoms with Gasteiger partial charge in [0.25, 0.3) is 0 Å². The predicted molar refractivity (Wildman–Crippen MR) is 57.0 cm³/mol. The minimum Gasteiger partial charge on any atom is -0.465 e. The van der Waals surface area contributed by atoms with Crippen molar-refractivity contribution in [2.45, 2.75) is 52.4 Å². The number of carbonyl (C=O) groups is 1. The van der Waals surface area contributed by atoms with E-state index in [0.29, 0.717) is 12.5 Å². The third-order valence-electron chi connectivity index (χ3n) is 3.15. The Morgan fingerprint density at radius 2 is 2.00 bits per heavy atom. The lowest BCUT2D eigenvalue weighted by atomic mass is 9.89. The number of ether oxygens (including phenoxy) is 1. The molecule has 0 aromatic rings. The molecule has 1 rings (SSSR count). The molecular formula is C12H22O2. The summed E-state index contributed by atoms with van der Waals surface area (Å²) in [7, 11) is 0. The van der Waals surface area contributed by atoms with Crippen LogP contribution in [0.4, 0.5) is 0 Å². The fourth-order valence-electron chi connectivity index (χ4n) is 1.80. The first kappa shape index (κ1) is 11.5. The zero-order chi connectivity index (χ0) is 10.4. The Kier molecular flexibility index (Phi) is 4.99. The summed E-state index contributed by atoms with van der Waals surface area (Å²) in [6, 6.07) is 0. The van der Waals surface area contributed by atoms with Crippen LogP contribution in [-0.4, -0.2) is 12.6 Å². The van der Waals surface area contributed by atoms with Gasteiger partial charge in [-0.05, 0) is 18.8 Å². The van der Waals surface area contributed by atoms with Crippen molar-refractivity contribution in [1.82, 2.24) is 0 Å². The molecule has 1 aliphatic carbocycles. The summed E-state index contributed by atoms with van der Waals surface area (Å²) >= 11 is 0. The highest BCUT2D eigenvalue weighted by atomic mass is 16.5. The summed E-state index contributed by atoms with van der Waals surface area (Å²) in [4.78, 5) is 11.6. The average molecular weight is 198 g/mol. The summed E-state index contributed by atoms with van der Waals surface area (Å²) < 4.78 is 5.30. The third-order valence-corrected chi connectivity index (χ3v) is 3.15. The number of carbonyl (C=O) groups excluding carboxylic acids is 1. The summed E-state index contributed by atoms with van der Waals surface area (Å²) in [6.07, 6.45) is 6.85. The molecule has 14 heavy (non-hydrogen) atoms. The Hall–Kier alpha value is -0.530. The Morgan fingerprint density at radius 3 is 2.57 bits per heavy atom. The third kappa shape index (κ3) is 3.69. The van der Waals surface area contributed by atoms with Gasteiger partial charge in [-0.3, -0.25) is 4.79 Å². The topological polar surface area (TPSA) is 26.3 Å². The molecule has 0 aromatic heterocycles. The van der Waals surface area contributed by atoms with Crippen molar-refractivity contribution in [3.8, 4) is 0 Å². The fraction of sp³-hybridized carbons (Fsp3) is 0.917. The van der Waals surface area contributed by atoms with Gasteiger partial charge in [-0.15, -0.1) is 0 Å². The molecule has 1 atom stereocenters. The maximum absolute atomic E-state index is 11.6. The zero-order valence-corrected chi connectivity index (χ0v) is 9.42. The Morgan fingerprint density at radius 1 is 1.36 bits per heavy atom. The van der Waals surface area contributed by atoms with E-state index >= 15 is 0 Å². The number of hydrogen-bond acceptors (Lipinski definition) is 2. The largest absolute Gasteiger partial charge is 0.465 e. The van der Waals surface area contributed by atoms with E-state index in [-0.39, 0.29) is 11.9 Å². The van der Waals surface area contributed by atoms with Crippen molar-refractivity contribution in [3.63, 3.8) is 0 Å². The highest BCUT2D eigenvalue weighted by Gasteiger charge is 2.22. The van der Waals surface area contributed by atoms with Crippen LogP contribution in [0, 0.1) is 11.8 Å². The second-order valence-corrected chi connectivity index (χ2v) is 4.48. The van der Waals surface area contributed by atoms with E-state index in [1.807, 2.05) is 0 Å². The fourth-order valence-corrected chi connectivity index (χ4v) is 1.80. The average Bonchev–Trinajstić information content (AvgIpc) is 2.26. The molecule has 0 spiro atoms. The molecule has 2 heteroatoms. The van der Waals surface area contributed by atoms with Crippen molar-refractivity contribution in [3.05, 3.63) is 0 Å². The van der Waals surface area contributed by atoms with Crippen molar-refractivity contribution in [2.75, 3.05) is 6.61 Å². The normalized spacial score (nSPS) is 20.4. The van der Waals surface area contributed by atoms with Gasteiger partial charge in [-0.2, -0.15) is 0 Å². The van der Waals surface area contributed by atoms with Crippen molar-refractivity contribution >= 4 is 5.97 Å². The standard InChI is InChI=1S/C12H22O2/c1-3-10(2)9-14-12(13)11-7-5-4-6-8-11/h10-11H,3-9H2,1-2H3. The molecule has 0 N–H and O–H groups in total. The quantitative estimate of drug-likeness (QED) is 0.649. The second kappa shape index (κ2) is 6.05. The van der Waals surface area contributed by atoms with Gasteiger partial charge in [-0.25, -0.2) is 0 Å². The minimum atomic E-state index is 0.0463. The van der Waals surface area contributed by atoms with E-state index in [2.05, 4.69) is 13.8 Å². The highest BCUT2D eigenvalue weighted by Crippen LogP contribution is 2.24. The lowest BCUT2D eigenvalue weighted by Crippen LogP contribution is -2.22. The lowest BCUT2D eigenvalue weighted by molar-refractivity contribution is -0.150. The van der Waals surface area contributed by atoms with Crippen LogP contribution in [0.2, 0.25) is 0 Å². The molecule has 1 unspecified atom stereocenters. The maximum Gasteiger partial charge on any atom is 0.308 e. The van der Waals surface area contributed by atoms with E-state index in [4.69, 9.17) is 4.74 Å². The zero-order valence-electron chi connectivity index (χ0n) is 9.42. The predicted octanol–water partition coefficient (Wildman–Crippen LogP) is 3.16. The van der Waals surface area contributed by atoms with Gasteiger partial charge in [0, 0.05) is 0 Å². The smallest absolute Gasteiger partial charge is 0.308 e. The van der Waals surface area contributed by atoms with Gasteiger partial charge in [0.15, 0.2) is 0 Å². The molecule has 0 heterocycles. The molecule has 0 radical (unpaired) electrons. The molecule has 1 aliphatic rings. The second-order valence-electron chi connectivity index (χ2n) is 4.48. The van der Waals surface area contributed by atoms with Gasteiger partial charge in [0.2, 0.25) is 0 Å². The Balaban J connectivity index is 2.19. The van der Waals surface area contributed by atoms with Crippen LogP contribution in [0.3, 0.4) is 0 Å². The van der Waals surface area contributed by atoms with E-state index in [0.717, 1.165) is 19.3 Å². The lowest BCUT2D eigenvalue weighted by Gasteiger charge is -2.20.